The van der Waals surface area contributed by atoms with E-state index in [0.29, 0.717) is 0 Å². The molecule has 6 heteroatoms. The van der Waals surface area contributed by atoms with Gasteiger partial charge in [0, 0.05) is 5.54 Å². The third-order valence-corrected chi connectivity index (χ3v) is 0. The number of nitrogens with two attached hydrogens (primary N) is 1. The third kappa shape index (κ3) is 139. The van der Waals surface area contributed by atoms with E-state index in [2.05, 4.69) is 50.8 Å². The standard InChI is InChI=1S/C4H11N.4BrH.Sn/c1-4(2,3)5;;;;;/h5H2,1-3H3;4*1H;/q;;;;;+4/p-4. The first-order valence-electron chi connectivity index (χ1n) is 2.54. The molecule has 0 spiro atoms. The van der Waals surface area contributed by atoms with Crippen LogP contribution in [0.25, 0.3) is 0 Å². The van der Waals surface area contributed by atoms with Crippen molar-refractivity contribution in [3.63, 3.8) is 0 Å². The fourth-order valence-electron chi connectivity index (χ4n) is 0. The van der Waals surface area contributed by atoms with Crippen LogP contribution in [-0.4, -0.2) is 15.0 Å². The molecule has 10 heavy (non-hydrogen) atoms. The molecule has 0 aliphatic rings. The van der Waals surface area contributed by atoms with Gasteiger partial charge in [0.2, 0.25) is 0 Å². The zero-order chi connectivity index (χ0) is 9.00. The van der Waals surface area contributed by atoms with Gasteiger partial charge in [-0.05, 0) is 20.8 Å². The van der Waals surface area contributed by atoms with Crippen molar-refractivity contribution in [2.24, 2.45) is 5.73 Å². The second-order valence-electron chi connectivity index (χ2n) is 2.79. The van der Waals surface area contributed by atoms with E-state index in [4.69, 9.17) is 5.73 Å². The van der Waals surface area contributed by atoms with Crippen molar-refractivity contribution >= 4 is 60.3 Å². The Bertz CT molecular complexity index is 60.2. The normalized spacial score (nSPS) is 12.0. The average Bonchev–Trinajstić information content (AvgIpc) is 1.12. The molecule has 64 valence electrons. The predicted molar refractivity (Wildman–Crippen MR) is 65.4 cm³/mol. The summed E-state index contributed by atoms with van der Waals surface area (Å²) < 4.78 is 0. The molecule has 0 amide bonds. The second-order valence-corrected chi connectivity index (χ2v) is 80.0. The third-order valence-electron chi connectivity index (χ3n) is 0. The molecule has 0 radical (unpaired) electrons. The molecule has 1 nitrogen and oxygen atoms in total. The Kier molecular flexibility index (Phi) is 9.37. The van der Waals surface area contributed by atoms with Crippen LogP contribution in [0, 0.1) is 0 Å². The molecule has 0 aliphatic heterocycles. The van der Waals surface area contributed by atoms with Gasteiger partial charge in [0.15, 0.2) is 0 Å². The van der Waals surface area contributed by atoms with Gasteiger partial charge >= 0.3 is 60.3 Å². The zero-order valence-electron chi connectivity index (χ0n) is 6.09. The van der Waals surface area contributed by atoms with Gasteiger partial charge in [-0.3, -0.25) is 0 Å². The van der Waals surface area contributed by atoms with Gasteiger partial charge in [-0.25, -0.2) is 0 Å². The van der Waals surface area contributed by atoms with Crippen LogP contribution >= 0.6 is 50.8 Å². The monoisotopic (exact) mass is 509 g/mol. The molecule has 0 aromatic rings. The van der Waals surface area contributed by atoms with E-state index in [-0.39, 0.29) is 5.54 Å². The van der Waals surface area contributed by atoms with Crippen molar-refractivity contribution in [1.82, 2.24) is 0 Å². The molecular weight excluding hydrogens is 500 g/mol. The van der Waals surface area contributed by atoms with Crippen molar-refractivity contribution in [3.8, 4) is 0 Å². The molecule has 0 fully saturated rings. The summed E-state index contributed by atoms with van der Waals surface area (Å²) in [6.45, 7) is 5.90. The van der Waals surface area contributed by atoms with Gasteiger partial charge in [-0.15, -0.1) is 0 Å². The second kappa shape index (κ2) is 6.18. The quantitative estimate of drug-likeness (QED) is 0.493. The first kappa shape index (κ1) is 15.2. The maximum absolute atomic E-state index is 5.35. The first-order valence-corrected chi connectivity index (χ1v) is 28.1. The topological polar surface area (TPSA) is 26.0 Å². The summed E-state index contributed by atoms with van der Waals surface area (Å²) in [6, 6.07) is 0. The van der Waals surface area contributed by atoms with Crippen LogP contribution in [0.1, 0.15) is 20.8 Å². The summed E-state index contributed by atoms with van der Waals surface area (Å²) >= 11 is 13.3. The van der Waals surface area contributed by atoms with E-state index in [1.807, 2.05) is 20.8 Å². The van der Waals surface area contributed by atoms with Crippen LogP contribution in [0.3, 0.4) is 0 Å². The van der Waals surface area contributed by atoms with Crippen molar-refractivity contribution < 1.29 is 0 Å². The fourth-order valence-corrected chi connectivity index (χ4v) is 0. The molecule has 0 bridgehead atoms. The maximum atomic E-state index is 5.35. The van der Waals surface area contributed by atoms with Crippen LogP contribution in [-0.2, 0) is 0 Å². The minimum absolute atomic E-state index is 0. The van der Waals surface area contributed by atoms with E-state index >= 15 is 0 Å². The first-order chi connectivity index (χ1) is 4.00. The zero-order valence-corrected chi connectivity index (χ0v) is 15.3. The Balaban J connectivity index is 0. The number of rotatable bonds is 0. The van der Waals surface area contributed by atoms with Crippen molar-refractivity contribution in [2.75, 3.05) is 0 Å². The van der Waals surface area contributed by atoms with Gasteiger partial charge in [0.05, 0.1) is 0 Å². The summed E-state index contributed by atoms with van der Waals surface area (Å²) in [5, 5.41) is 0. The van der Waals surface area contributed by atoms with Gasteiger partial charge in [0.1, 0.15) is 0 Å². The van der Waals surface area contributed by atoms with Crippen molar-refractivity contribution in [3.05, 3.63) is 0 Å². The van der Waals surface area contributed by atoms with E-state index in [1.165, 1.54) is 0 Å². The molecule has 0 aromatic carbocycles. The Hall–Kier alpha value is 2.68. The Labute approximate surface area is 90.8 Å². The number of hydrogen-bond acceptors (Lipinski definition) is 1. The van der Waals surface area contributed by atoms with E-state index in [9.17, 15) is 0 Å². The van der Waals surface area contributed by atoms with Crippen LogP contribution in [0.4, 0.5) is 0 Å². The summed E-state index contributed by atoms with van der Waals surface area (Å²) in [5.41, 5.74) is 5.35. The molecule has 0 saturated heterocycles. The molecule has 0 saturated carbocycles. The van der Waals surface area contributed by atoms with Crippen LogP contribution in [0.15, 0.2) is 0 Å². The van der Waals surface area contributed by atoms with Crippen molar-refractivity contribution in [1.29, 1.82) is 0 Å². The Morgan fingerprint density at radius 3 is 1.00 bits per heavy atom. The summed E-state index contributed by atoms with van der Waals surface area (Å²) in [7, 11) is -1.93. The van der Waals surface area contributed by atoms with Crippen LogP contribution in [0.2, 0.25) is 0 Å². The fraction of sp³-hybridized carbons (Fsp3) is 1.00. The average molecular weight is 511 g/mol. The van der Waals surface area contributed by atoms with Gasteiger partial charge in [0.25, 0.3) is 0 Å². The number of halogens is 4. The van der Waals surface area contributed by atoms with Gasteiger partial charge in [-0.2, -0.15) is 0 Å². The number of hydrogen-bond donors (Lipinski definition) is 1. The van der Waals surface area contributed by atoms with Crippen LogP contribution < -0.4 is 5.73 Å². The molecule has 0 heterocycles. The molecule has 2 N–H and O–H groups in total. The minimum atomic E-state index is -1.93. The summed E-state index contributed by atoms with van der Waals surface area (Å²) in [5.74, 6) is 0. The molecule has 0 aliphatic carbocycles. The summed E-state index contributed by atoms with van der Waals surface area (Å²) in [6.07, 6.45) is 0. The molecular formula is C4H11Br4NSn. The summed E-state index contributed by atoms with van der Waals surface area (Å²) in [4.78, 5) is 0. The molecule has 0 aromatic heterocycles. The van der Waals surface area contributed by atoms with E-state index < -0.39 is 9.49 Å². The molecule has 0 rings (SSSR count). The van der Waals surface area contributed by atoms with Crippen molar-refractivity contribution in [2.45, 2.75) is 26.3 Å². The molecule has 0 unspecified atom stereocenters. The van der Waals surface area contributed by atoms with E-state index in [0.717, 1.165) is 0 Å². The SMILES string of the molecule is CC(C)(C)N.[Br][Sn]([Br])([Br])[Br]. The predicted octanol–water partition coefficient (Wildman–Crippen LogP) is 3.75. The van der Waals surface area contributed by atoms with Gasteiger partial charge < -0.3 is 5.73 Å². The Morgan fingerprint density at radius 1 is 1.00 bits per heavy atom. The van der Waals surface area contributed by atoms with E-state index in [1.54, 1.807) is 0 Å². The van der Waals surface area contributed by atoms with Gasteiger partial charge in [-0.1, -0.05) is 0 Å². The Morgan fingerprint density at radius 2 is 1.00 bits per heavy atom. The molecule has 0 atom stereocenters. The van der Waals surface area contributed by atoms with Crippen LogP contribution in [0.5, 0.6) is 0 Å².